The molecule has 1 heterocycles. The lowest BCUT2D eigenvalue weighted by Gasteiger charge is -2.23. The van der Waals surface area contributed by atoms with Crippen molar-refractivity contribution in [3.8, 4) is 0 Å². The molecule has 4 nitrogen and oxygen atoms in total. The van der Waals surface area contributed by atoms with E-state index in [1.54, 1.807) is 6.07 Å². The van der Waals surface area contributed by atoms with E-state index >= 15 is 0 Å². The molecule has 0 radical (unpaired) electrons. The number of carbonyl (C=O) groups is 2. The number of anilines is 1. The van der Waals surface area contributed by atoms with Crippen molar-refractivity contribution in [2.75, 3.05) is 18.0 Å². The van der Waals surface area contributed by atoms with E-state index in [1.807, 2.05) is 49.3 Å². The zero-order valence-electron chi connectivity index (χ0n) is 14.5. The number of hydrogen-bond donors (Lipinski definition) is 1. The van der Waals surface area contributed by atoms with E-state index in [4.69, 9.17) is 0 Å². The summed E-state index contributed by atoms with van der Waals surface area (Å²) in [5, 5.41) is 4.73. The second-order valence-corrected chi connectivity index (χ2v) is 6.71. The van der Waals surface area contributed by atoms with Crippen LogP contribution in [-0.2, 0) is 4.79 Å². The third-order valence-electron chi connectivity index (χ3n) is 3.86. The Balaban J connectivity index is 1.85. The van der Waals surface area contributed by atoms with Crippen LogP contribution in [0.1, 0.15) is 40.6 Å². The van der Waals surface area contributed by atoms with E-state index in [0.717, 1.165) is 11.3 Å². The Kier molecular flexibility index (Phi) is 6.55. The van der Waals surface area contributed by atoms with Crippen molar-refractivity contribution in [1.82, 2.24) is 5.32 Å². The van der Waals surface area contributed by atoms with Crippen LogP contribution in [0.5, 0.6) is 0 Å². The van der Waals surface area contributed by atoms with Crippen molar-refractivity contribution in [3.05, 3.63) is 51.7 Å². The third kappa shape index (κ3) is 4.68. The lowest BCUT2D eigenvalue weighted by Crippen LogP contribution is -2.32. The molecule has 2 amide bonds. The fraction of sp³-hybridized carbons (Fsp3) is 0.368. The quantitative estimate of drug-likeness (QED) is 0.774. The van der Waals surface area contributed by atoms with Gasteiger partial charge in [0.15, 0.2) is 0 Å². The molecule has 0 aliphatic carbocycles. The van der Waals surface area contributed by atoms with Crippen molar-refractivity contribution in [1.29, 1.82) is 0 Å². The highest BCUT2D eigenvalue weighted by Gasteiger charge is 2.15. The topological polar surface area (TPSA) is 49.4 Å². The average molecular weight is 344 g/mol. The number of aryl methyl sites for hydroxylation is 2. The second kappa shape index (κ2) is 8.64. The van der Waals surface area contributed by atoms with Crippen LogP contribution in [0.4, 0.5) is 5.69 Å². The predicted octanol–water partition coefficient (Wildman–Crippen LogP) is 3.93. The van der Waals surface area contributed by atoms with Crippen molar-refractivity contribution in [2.24, 2.45) is 0 Å². The zero-order chi connectivity index (χ0) is 17.5. The summed E-state index contributed by atoms with van der Waals surface area (Å²) in [6.45, 7) is 7.21. The minimum absolute atomic E-state index is 0.0702. The SMILES string of the molecule is CCN(C(=O)CCCNC(=O)c1cccs1)c1ccc(C)cc1C. The van der Waals surface area contributed by atoms with Gasteiger partial charge in [-0.1, -0.05) is 23.8 Å². The normalized spacial score (nSPS) is 10.5. The number of nitrogens with one attached hydrogen (secondary N) is 1. The maximum atomic E-state index is 12.5. The highest BCUT2D eigenvalue weighted by atomic mass is 32.1. The number of rotatable bonds is 7. The Morgan fingerprint density at radius 1 is 1.21 bits per heavy atom. The molecule has 0 saturated heterocycles. The average Bonchev–Trinajstić information content (AvgIpc) is 3.08. The van der Waals surface area contributed by atoms with Gasteiger partial charge in [0.1, 0.15) is 0 Å². The molecule has 1 aromatic heterocycles. The number of amides is 2. The molecule has 0 aliphatic heterocycles. The van der Waals surface area contributed by atoms with Crippen LogP contribution in [0.3, 0.4) is 0 Å². The summed E-state index contributed by atoms with van der Waals surface area (Å²) in [4.78, 5) is 26.9. The van der Waals surface area contributed by atoms with Crippen LogP contribution in [0.25, 0.3) is 0 Å². The van der Waals surface area contributed by atoms with E-state index in [0.29, 0.717) is 30.8 Å². The fourth-order valence-corrected chi connectivity index (χ4v) is 3.30. The van der Waals surface area contributed by atoms with Gasteiger partial charge in [-0.25, -0.2) is 0 Å². The van der Waals surface area contributed by atoms with Crippen LogP contribution in [0.2, 0.25) is 0 Å². The van der Waals surface area contributed by atoms with Crippen molar-refractivity contribution >= 4 is 28.8 Å². The number of thiophene rings is 1. The van der Waals surface area contributed by atoms with Gasteiger partial charge in [-0.05, 0) is 50.3 Å². The largest absolute Gasteiger partial charge is 0.351 e. The molecule has 2 aromatic rings. The van der Waals surface area contributed by atoms with Crippen LogP contribution in [-0.4, -0.2) is 24.9 Å². The lowest BCUT2D eigenvalue weighted by atomic mass is 10.1. The molecule has 0 bridgehead atoms. The summed E-state index contributed by atoms with van der Waals surface area (Å²) >= 11 is 1.42. The van der Waals surface area contributed by atoms with Gasteiger partial charge in [-0.3, -0.25) is 9.59 Å². The van der Waals surface area contributed by atoms with Crippen molar-refractivity contribution < 1.29 is 9.59 Å². The molecule has 1 aromatic carbocycles. The predicted molar refractivity (Wildman–Crippen MR) is 99.8 cm³/mol. The zero-order valence-corrected chi connectivity index (χ0v) is 15.3. The molecule has 0 aliphatic rings. The Morgan fingerprint density at radius 3 is 2.62 bits per heavy atom. The van der Waals surface area contributed by atoms with Gasteiger partial charge in [0, 0.05) is 25.2 Å². The highest BCUT2D eigenvalue weighted by Crippen LogP contribution is 2.22. The molecule has 5 heteroatoms. The van der Waals surface area contributed by atoms with Crippen LogP contribution in [0.15, 0.2) is 35.7 Å². The first-order valence-corrected chi connectivity index (χ1v) is 9.10. The fourth-order valence-electron chi connectivity index (χ4n) is 2.66. The van der Waals surface area contributed by atoms with Gasteiger partial charge >= 0.3 is 0 Å². The summed E-state index contributed by atoms with van der Waals surface area (Å²) in [6, 6.07) is 9.77. The van der Waals surface area contributed by atoms with Gasteiger partial charge in [0.25, 0.3) is 5.91 Å². The monoisotopic (exact) mass is 344 g/mol. The van der Waals surface area contributed by atoms with E-state index in [9.17, 15) is 9.59 Å². The second-order valence-electron chi connectivity index (χ2n) is 5.76. The van der Waals surface area contributed by atoms with E-state index in [1.165, 1.54) is 16.9 Å². The van der Waals surface area contributed by atoms with Crippen LogP contribution >= 0.6 is 11.3 Å². The first-order chi connectivity index (χ1) is 11.5. The smallest absolute Gasteiger partial charge is 0.261 e. The summed E-state index contributed by atoms with van der Waals surface area (Å²) in [5.74, 6) is 0.0222. The highest BCUT2D eigenvalue weighted by molar-refractivity contribution is 7.12. The molecule has 0 saturated carbocycles. The van der Waals surface area contributed by atoms with Gasteiger partial charge < -0.3 is 10.2 Å². The Bertz CT molecular complexity index is 695. The number of hydrogen-bond acceptors (Lipinski definition) is 3. The molecular weight excluding hydrogens is 320 g/mol. The lowest BCUT2D eigenvalue weighted by molar-refractivity contribution is -0.118. The van der Waals surface area contributed by atoms with E-state index in [-0.39, 0.29) is 11.8 Å². The maximum Gasteiger partial charge on any atom is 0.261 e. The number of nitrogens with zero attached hydrogens (tertiary/aromatic N) is 1. The van der Waals surface area contributed by atoms with E-state index < -0.39 is 0 Å². The first kappa shape index (κ1) is 18.2. The number of carbonyl (C=O) groups excluding carboxylic acids is 2. The minimum atomic E-state index is -0.0702. The Labute approximate surface area is 147 Å². The van der Waals surface area contributed by atoms with Crippen molar-refractivity contribution in [3.63, 3.8) is 0 Å². The Hall–Kier alpha value is -2.14. The summed E-state index contributed by atoms with van der Waals surface area (Å²) in [5.41, 5.74) is 3.27. The molecule has 2 rings (SSSR count). The van der Waals surface area contributed by atoms with Gasteiger partial charge in [0.05, 0.1) is 4.88 Å². The molecule has 1 N–H and O–H groups in total. The minimum Gasteiger partial charge on any atom is -0.351 e. The Morgan fingerprint density at radius 2 is 2.00 bits per heavy atom. The van der Waals surface area contributed by atoms with Crippen LogP contribution in [0, 0.1) is 13.8 Å². The standard InChI is InChI=1S/C19H24N2O2S/c1-4-21(16-10-9-14(2)13-15(16)3)18(22)8-5-11-20-19(23)17-7-6-12-24-17/h6-7,9-10,12-13H,4-5,8,11H2,1-3H3,(H,20,23). The maximum absolute atomic E-state index is 12.5. The molecular formula is C19H24N2O2S. The summed E-state index contributed by atoms with van der Waals surface area (Å²) in [6.07, 6.45) is 1.06. The molecule has 0 fully saturated rings. The third-order valence-corrected chi connectivity index (χ3v) is 4.73. The van der Waals surface area contributed by atoms with Crippen LogP contribution < -0.4 is 10.2 Å². The van der Waals surface area contributed by atoms with Gasteiger partial charge in [0.2, 0.25) is 5.91 Å². The molecule has 128 valence electrons. The summed E-state index contributed by atoms with van der Waals surface area (Å²) in [7, 11) is 0. The molecule has 0 spiro atoms. The molecule has 0 unspecified atom stereocenters. The number of benzene rings is 1. The van der Waals surface area contributed by atoms with Gasteiger partial charge in [-0.2, -0.15) is 0 Å². The summed E-state index contributed by atoms with van der Waals surface area (Å²) < 4.78 is 0. The molecule has 0 atom stereocenters. The molecule has 24 heavy (non-hydrogen) atoms. The van der Waals surface area contributed by atoms with Gasteiger partial charge in [-0.15, -0.1) is 11.3 Å². The first-order valence-electron chi connectivity index (χ1n) is 8.22. The van der Waals surface area contributed by atoms with E-state index in [2.05, 4.69) is 11.4 Å². The van der Waals surface area contributed by atoms with Crippen molar-refractivity contribution in [2.45, 2.75) is 33.6 Å².